The number of carbonyl (C=O) groups is 2. The van der Waals surface area contributed by atoms with E-state index in [-0.39, 0.29) is 25.2 Å². The second-order valence-electron chi connectivity index (χ2n) is 5.38. The predicted molar refractivity (Wildman–Crippen MR) is 85.5 cm³/mol. The molecule has 0 aliphatic carbocycles. The first-order valence-electron chi connectivity index (χ1n) is 7.22. The fourth-order valence-electron chi connectivity index (χ4n) is 2.51. The number of aromatic nitrogens is 1. The van der Waals surface area contributed by atoms with Crippen LogP contribution in [0.15, 0.2) is 5.16 Å². The standard InChI is InChI=1S/C14H18ClFN4O4/c1-7-11(15)8(5-17-24-2)12(18-7)13(21)19-10-3-4-20(14(22)23)6-9(10)16/h5,9-10,18H,3-4,6H2,1-2H3,(H,19,21)(H,22,23)/b17-5+/t9-,10+/m0/s1. The van der Waals surface area contributed by atoms with Gasteiger partial charge in [0.1, 0.15) is 19.0 Å². The summed E-state index contributed by atoms with van der Waals surface area (Å²) in [6.45, 7) is 1.57. The van der Waals surface area contributed by atoms with Crippen LogP contribution in [0.5, 0.6) is 0 Å². The number of amides is 2. The normalized spacial score (nSPS) is 21.1. The molecule has 2 atom stereocenters. The SMILES string of the molecule is CO/N=C/c1c(C(=O)N[C@@H]2CCN(C(=O)O)C[C@@H]2F)[nH]c(C)c1Cl. The number of nitrogens with one attached hydrogen (secondary N) is 2. The van der Waals surface area contributed by atoms with Gasteiger partial charge in [-0.2, -0.15) is 0 Å². The smallest absolute Gasteiger partial charge is 0.407 e. The molecule has 0 aromatic carbocycles. The molecule has 0 bridgehead atoms. The molecule has 1 aromatic rings. The topological polar surface area (TPSA) is 107 Å². The van der Waals surface area contributed by atoms with Crippen molar-refractivity contribution in [3.05, 3.63) is 22.0 Å². The number of aryl methyl sites for hydroxylation is 1. The van der Waals surface area contributed by atoms with E-state index < -0.39 is 24.2 Å². The number of rotatable bonds is 4. The van der Waals surface area contributed by atoms with Crippen LogP contribution >= 0.6 is 11.6 Å². The Morgan fingerprint density at radius 3 is 2.88 bits per heavy atom. The van der Waals surface area contributed by atoms with Crippen LogP contribution in [0.3, 0.4) is 0 Å². The average Bonchev–Trinajstić information content (AvgIpc) is 2.82. The molecule has 1 fully saturated rings. The van der Waals surface area contributed by atoms with Crippen molar-refractivity contribution in [1.82, 2.24) is 15.2 Å². The van der Waals surface area contributed by atoms with Crippen LogP contribution in [0, 0.1) is 6.92 Å². The minimum atomic E-state index is -1.48. The van der Waals surface area contributed by atoms with Crippen LogP contribution in [0.1, 0.15) is 28.2 Å². The Hall–Kier alpha value is -2.29. The van der Waals surface area contributed by atoms with Gasteiger partial charge in [-0.1, -0.05) is 16.8 Å². The molecule has 1 aliphatic heterocycles. The number of hydrogen-bond donors (Lipinski definition) is 3. The summed E-state index contributed by atoms with van der Waals surface area (Å²) in [5, 5.41) is 15.4. The molecule has 2 rings (SSSR count). The molecular formula is C14H18ClFN4O4. The Morgan fingerprint density at radius 2 is 2.29 bits per heavy atom. The van der Waals surface area contributed by atoms with E-state index >= 15 is 0 Å². The molecule has 1 aliphatic rings. The Morgan fingerprint density at radius 1 is 1.58 bits per heavy atom. The molecule has 10 heteroatoms. The van der Waals surface area contributed by atoms with Crippen molar-refractivity contribution in [2.45, 2.75) is 25.6 Å². The van der Waals surface area contributed by atoms with E-state index in [0.717, 1.165) is 4.90 Å². The summed E-state index contributed by atoms with van der Waals surface area (Å²) in [5.74, 6) is -0.543. The number of hydrogen-bond acceptors (Lipinski definition) is 4. The third-order valence-electron chi connectivity index (χ3n) is 3.79. The lowest BCUT2D eigenvalue weighted by molar-refractivity contribution is 0.0750. The van der Waals surface area contributed by atoms with Gasteiger partial charge < -0.3 is 25.1 Å². The third-order valence-corrected chi connectivity index (χ3v) is 4.28. The van der Waals surface area contributed by atoms with Crippen molar-refractivity contribution in [3.8, 4) is 0 Å². The highest BCUT2D eigenvalue weighted by atomic mass is 35.5. The molecule has 2 heterocycles. The van der Waals surface area contributed by atoms with Gasteiger partial charge in [0.25, 0.3) is 5.91 Å². The summed E-state index contributed by atoms with van der Waals surface area (Å²) in [7, 11) is 1.35. The summed E-state index contributed by atoms with van der Waals surface area (Å²) in [4.78, 5) is 31.7. The van der Waals surface area contributed by atoms with Crippen LogP contribution in [-0.4, -0.2) is 65.6 Å². The number of nitrogens with zero attached hydrogens (tertiary/aromatic N) is 2. The van der Waals surface area contributed by atoms with E-state index in [1.807, 2.05) is 0 Å². The number of alkyl halides is 1. The second-order valence-corrected chi connectivity index (χ2v) is 5.76. The summed E-state index contributed by atoms with van der Waals surface area (Å²) in [6, 6.07) is -0.775. The number of piperidine rings is 1. The molecule has 132 valence electrons. The van der Waals surface area contributed by atoms with Gasteiger partial charge in [-0.25, -0.2) is 9.18 Å². The van der Waals surface area contributed by atoms with Gasteiger partial charge >= 0.3 is 6.09 Å². The van der Waals surface area contributed by atoms with E-state index in [1.165, 1.54) is 13.3 Å². The fraction of sp³-hybridized carbons (Fsp3) is 0.500. The quantitative estimate of drug-likeness (QED) is 0.562. The average molecular weight is 361 g/mol. The summed E-state index contributed by atoms with van der Waals surface area (Å²) in [6.07, 6.45) is -1.18. The molecule has 3 N–H and O–H groups in total. The van der Waals surface area contributed by atoms with Gasteiger partial charge in [-0.3, -0.25) is 4.79 Å². The highest BCUT2D eigenvalue weighted by Gasteiger charge is 2.33. The lowest BCUT2D eigenvalue weighted by Gasteiger charge is -2.33. The van der Waals surface area contributed by atoms with Crippen LogP contribution in [-0.2, 0) is 4.84 Å². The molecule has 24 heavy (non-hydrogen) atoms. The Labute approximate surface area is 142 Å². The van der Waals surface area contributed by atoms with Crippen molar-refractivity contribution in [2.75, 3.05) is 20.2 Å². The second kappa shape index (κ2) is 7.52. The van der Waals surface area contributed by atoms with E-state index in [9.17, 15) is 14.0 Å². The molecule has 0 saturated carbocycles. The number of H-pyrrole nitrogens is 1. The van der Waals surface area contributed by atoms with Gasteiger partial charge in [-0.05, 0) is 13.3 Å². The van der Waals surface area contributed by atoms with Gasteiger partial charge in [-0.15, -0.1) is 0 Å². The van der Waals surface area contributed by atoms with Crippen molar-refractivity contribution < 1.29 is 23.9 Å². The maximum absolute atomic E-state index is 14.1. The van der Waals surface area contributed by atoms with Crippen molar-refractivity contribution in [1.29, 1.82) is 0 Å². The van der Waals surface area contributed by atoms with E-state index in [1.54, 1.807) is 6.92 Å². The summed E-state index contributed by atoms with van der Waals surface area (Å²) < 4.78 is 14.1. The zero-order valence-corrected chi connectivity index (χ0v) is 13.9. The van der Waals surface area contributed by atoms with Crippen molar-refractivity contribution >= 4 is 29.8 Å². The molecular weight excluding hydrogens is 343 g/mol. The first-order chi connectivity index (χ1) is 11.3. The lowest BCUT2D eigenvalue weighted by atomic mass is 10.0. The maximum atomic E-state index is 14.1. The highest BCUT2D eigenvalue weighted by molar-refractivity contribution is 6.34. The third kappa shape index (κ3) is 3.78. The molecule has 0 radical (unpaired) electrons. The zero-order chi connectivity index (χ0) is 17.9. The minimum absolute atomic E-state index is 0.145. The fourth-order valence-corrected chi connectivity index (χ4v) is 2.70. The monoisotopic (exact) mass is 360 g/mol. The van der Waals surface area contributed by atoms with Gasteiger partial charge in [0.05, 0.1) is 23.8 Å². The van der Waals surface area contributed by atoms with Crippen LogP contribution in [0.25, 0.3) is 0 Å². The van der Waals surface area contributed by atoms with Crippen molar-refractivity contribution in [3.63, 3.8) is 0 Å². The first-order valence-corrected chi connectivity index (χ1v) is 7.60. The number of oxime groups is 1. The predicted octanol–water partition coefficient (Wildman–Crippen LogP) is 1.78. The molecule has 1 aromatic heterocycles. The highest BCUT2D eigenvalue weighted by Crippen LogP contribution is 2.23. The summed E-state index contributed by atoms with van der Waals surface area (Å²) in [5.41, 5.74) is 1.05. The molecule has 2 amide bonds. The van der Waals surface area contributed by atoms with Crippen LogP contribution in [0.4, 0.5) is 9.18 Å². The number of aromatic amines is 1. The van der Waals surface area contributed by atoms with E-state index in [4.69, 9.17) is 16.7 Å². The maximum Gasteiger partial charge on any atom is 0.407 e. The number of likely N-dealkylation sites (tertiary alicyclic amines) is 1. The molecule has 1 saturated heterocycles. The minimum Gasteiger partial charge on any atom is -0.465 e. The van der Waals surface area contributed by atoms with E-state index in [0.29, 0.717) is 16.3 Å². The van der Waals surface area contributed by atoms with Gasteiger partial charge in [0.15, 0.2) is 0 Å². The first kappa shape index (κ1) is 18.1. The zero-order valence-electron chi connectivity index (χ0n) is 13.2. The Kier molecular flexibility index (Phi) is 5.66. The molecule has 0 spiro atoms. The molecule has 0 unspecified atom stereocenters. The number of carbonyl (C=O) groups excluding carboxylic acids is 1. The lowest BCUT2D eigenvalue weighted by Crippen LogP contribution is -2.53. The largest absolute Gasteiger partial charge is 0.465 e. The Balaban J connectivity index is 2.12. The van der Waals surface area contributed by atoms with Gasteiger partial charge in [0, 0.05) is 17.8 Å². The van der Waals surface area contributed by atoms with Crippen LogP contribution in [0.2, 0.25) is 5.02 Å². The number of halogens is 2. The summed E-state index contributed by atoms with van der Waals surface area (Å²) >= 11 is 6.12. The van der Waals surface area contributed by atoms with Gasteiger partial charge in [0.2, 0.25) is 0 Å². The van der Waals surface area contributed by atoms with E-state index in [2.05, 4.69) is 20.3 Å². The number of carboxylic acid groups (broad SMARTS) is 1. The van der Waals surface area contributed by atoms with Crippen molar-refractivity contribution in [2.24, 2.45) is 5.16 Å². The Bertz CT molecular complexity index is 663. The van der Waals surface area contributed by atoms with Crippen LogP contribution < -0.4 is 5.32 Å². The molecule has 8 nitrogen and oxygen atoms in total.